The van der Waals surface area contributed by atoms with Crippen molar-refractivity contribution in [2.24, 2.45) is 5.92 Å². The van der Waals surface area contributed by atoms with E-state index in [4.69, 9.17) is 17.0 Å². The third kappa shape index (κ3) is 6.89. The van der Waals surface area contributed by atoms with Crippen molar-refractivity contribution in [3.05, 3.63) is 90.0 Å². The van der Waals surface area contributed by atoms with E-state index in [-0.39, 0.29) is 16.9 Å². The van der Waals surface area contributed by atoms with Crippen LogP contribution in [0.2, 0.25) is 0 Å². The number of para-hydroxylation sites is 1. The fourth-order valence-corrected chi connectivity index (χ4v) is 3.20. The molecule has 6 nitrogen and oxygen atoms in total. The maximum absolute atomic E-state index is 12.7. The van der Waals surface area contributed by atoms with E-state index in [0.29, 0.717) is 35.1 Å². The molecule has 0 saturated carbocycles. The largest absolute Gasteiger partial charge is 0.493 e. The fraction of sp³-hybridized carbons (Fsp3) is 0.192. The maximum Gasteiger partial charge on any atom is 0.258 e. The number of amides is 2. The van der Waals surface area contributed by atoms with Crippen LogP contribution in [0, 0.1) is 5.92 Å². The molecule has 7 heteroatoms. The number of ether oxygens (including phenoxy) is 1. The van der Waals surface area contributed by atoms with Crippen LogP contribution in [0.3, 0.4) is 0 Å². The molecule has 0 aliphatic carbocycles. The summed E-state index contributed by atoms with van der Waals surface area (Å²) < 4.78 is 5.67. The van der Waals surface area contributed by atoms with Gasteiger partial charge in [0.2, 0.25) is 0 Å². The summed E-state index contributed by atoms with van der Waals surface area (Å²) in [5, 5.41) is 5.79. The molecule has 0 saturated heterocycles. The Morgan fingerprint density at radius 2 is 1.64 bits per heavy atom. The van der Waals surface area contributed by atoms with Crippen LogP contribution in [-0.4, -0.2) is 30.6 Å². The summed E-state index contributed by atoms with van der Waals surface area (Å²) in [4.78, 5) is 26.8. The first kappa shape index (κ1) is 23.9. The molecule has 0 radical (unpaired) electrons. The van der Waals surface area contributed by atoms with Crippen molar-refractivity contribution in [1.29, 1.82) is 0 Å². The highest BCUT2D eigenvalue weighted by Crippen LogP contribution is 2.17. The third-order valence-electron chi connectivity index (χ3n) is 4.74. The molecule has 0 spiro atoms. The Balaban J connectivity index is 1.57. The van der Waals surface area contributed by atoms with Crippen LogP contribution in [-0.2, 0) is 0 Å². The Morgan fingerprint density at radius 3 is 2.30 bits per heavy atom. The van der Waals surface area contributed by atoms with Crippen molar-refractivity contribution in [2.45, 2.75) is 13.8 Å². The van der Waals surface area contributed by atoms with Crippen LogP contribution in [0.15, 0.2) is 78.9 Å². The van der Waals surface area contributed by atoms with E-state index in [1.54, 1.807) is 54.4 Å². The van der Waals surface area contributed by atoms with E-state index >= 15 is 0 Å². The summed E-state index contributed by atoms with van der Waals surface area (Å²) >= 11 is 5.27. The van der Waals surface area contributed by atoms with Gasteiger partial charge < -0.3 is 15.0 Å². The van der Waals surface area contributed by atoms with Gasteiger partial charge in [-0.15, -0.1) is 0 Å². The first-order valence-electron chi connectivity index (χ1n) is 10.6. The number of hydrogen-bond donors (Lipinski definition) is 2. The van der Waals surface area contributed by atoms with Gasteiger partial charge in [0.25, 0.3) is 11.8 Å². The molecule has 170 valence electrons. The lowest BCUT2D eigenvalue weighted by molar-refractivity contribution is 0.0974. The van der Waals surface area contributed by atoms with Crippen LogP contribution in [0.4, 0.5) is 11.4 Å². The monoisotopic (exact) mass is 461 g/mol. The zero-order chi connectivity index (χ0) is 23.8. The molecule has 3 aromatic carbocycles. The molecule has 3 aromatic rings. The zero-order valence-electron chi connectivity index (χ0n) is 18.9. The minimum absolute atomic E-state index is 0.122. The van der Waals surface area contributed by atoms with Crippen LogP contribution in [0.25, 0.3) is 0 Å². The summed E-state index contributed by atoms with van der Waals surface area (Å²) in [6.45, 7) is 4.69. The molecule has 0 aromatic heterocycles. The molecule has 2 amide bonds. The van der Waals surface area contributed by atoms with Gasteiger partial charge in [-0.2, -0.15) is 0 Å². The van der Waals surface area contributed by atoms with E-state index in [1.165, 1.54) is 0 Å². The lowest BCUT2D eigenvalue weighted by atomic mass is 10.1. The molecule has 3 rings (SSSR count). The average Bonchev–Trinajstić information content (AvgIpc) is 2.83. The summed E-state index contributed by atoms with van der Waals surface area (Å²) in [7, 11) is 1.73. The van der Waals surface area contributed by atoms with Crippen molar-refractivity contribution in [1.82, 2.24) is 5.32 Å². The predicted molar refractivity (Wildman–Crippen MR) is 136 cm³/mol. The second kappa shape index (κ2) is 11.2. The highest BCUT2D eigenvalue weighted by Gasteiger charge is 2.14. The van der Waals surface area contributed by atoms with Crippen molar-refractivity contribution < 1.29 is 14.3 Å². The highest BCUT2D eigenvalue weighted by atomic mass is 32.1. The van der Waals surface area contributed by atoms with Crippen LogP contribution in [0.5, 0.6) is 5.75 Å². The third-order valence-corrected chi connectivity index (χ3v) is 4.95. The summed E-state index contributed by atoms with van der Waals surface area (Å²) in [6, 6.07) is 23.3. The molecule has 0 bridgehead atoms. The molecule has 0 aliphatic rings. The number of thiocarbonyl (C=S) groups is 1. The summed E-state index contributed by atoms with van der Waals surface area (Å²) in [6.07, 6.45) is 0. The van der Waals surface area contributed by atoms with E-state index in [2.05, 4.69) is 24.5 Å². The van der Waals surface area contributed by atoms with Crippen molar-refractivity contribution in [3.8, 4) is 5.75 Å². The van der Waals surface area contributed by atoms with Crippen LogP contribution in [0.1, 0.15) is 34.6 Å². The van der Waals surface area contributed by atoms with Gasteiger partial charge in [0.15, 0.2) is 5.11 Å². The van der Waals surface area contributed by atoms with Gasteiger partial charge in [-0.25, -0.2) is 0 Å². The van der Waals surface area contributed by atoms with Crippen molar-refractivity contribution >= 4 is 40.5 Å². The zero-order valence-corrected chi connectivity index (χ0v) is 19.7. The minimum Gasteiger partial charge on any atom is -0.493 e. The van der Waals surface area contributed by atoms with Gasteiger partial charge in [-0.3, -0.25) is 14.9 Å². The number of anilines is 2. The van der Waals surface area contributed by atoms with Crippen LogP contribution < -0.4 is 20.3 Å². The van der Waals surface area contributed by atoms with E-state index < -0.39 is 0 Å². The Bertz CT molecular complexity index is 1120. The average molecular weight is 462 g/mol. The Kier molecular flexibility index (Phi) is 8.16. The molecule has 0 fully saturated rings. The van der Waals surface area contributed by atoms with Gasteiger partial charge in [0.1, 0.15) is 5.75 Å². The quantitative estimate of drug-likeness (QED) is 0.478. The number of carbonyl (C=O) groups is 2. The Hall–Kier alpha value is -3.71. The van der Waals surface area contributed by atoms with Gasteiger partial charge in [0.05, 0.1) is 6.61 Å². The summed E-state index contributed by atoms with van der Waals surface area (Å²) in [5.74, 6) is 0.567. The normalized spacial score (nSPS) is 10.4. The van der Waals surface area contributed by atoms with E-state index in [1.807, 2.05) is 36.4 Å². The number of hydrogen-bond acceptors (Lipinski definition) is 4. The number of carbonyl (C=O) groups excluding carboxylic acids is 2. The second-order valence-electron chi connectivity index (χ2n) is 7.92. The molecular weight excluding hydrogens is 434 g/mol. The molecule has 0 unspecified atom stereocenters. The van der Waals surface area contributed by atoms with Gasteiger partial charge in [-0.1, -0.05) is 38.1 Å². The maximum atomic E-state index is 12.7. The topological polar surface area (TPSA) is 70.7 Å². The molecular formula is C26H27N3O3S. The number of rotatable bonds is 7. The molecule has 0 heterocycles. The van der Waals surface area contributed by atoms with Gasteiger partial charge >= 0.3 is 0 Å². The van der Waals surface area contributed by atoms with Gasteiger partial charge in [-0.05, 0) is 72.7 Å². The first-order valence-corrected chi connectivity index (χ1v) is 11.0. The second-order valence-corrected chi connectivity index (χ2v) is 8.33. The van der Waals surface area contributed by atoms with Crippen molar-refractivity contribution in [3.63, 3.8) is 0 Å². The van der Waals surface area contributed by atoms with Gasteiger partial charge in [0, 0.05) is 29.5 Å². The number of nitrogens with one attached hydrogen (secondary N) is 2. The Labute approximate surface area is 199 Å². The van der Waals surface area contributed by atoms with E-state index in [0.717, 1.165) is 5.69 Å². The number of nitrogens with zero attached hydrogens (tertiary/aromatic N) is 1. The van der Waals surface area contributed by atoms with E-state index in [9.17, 15) is 9.59 Å². The van der Waals surface area contributed by atoms with Crippen LogP contribution >= 0.6 is 12.2 Å². The predicted octanol–water partition coefficient (Wildman–Crippen LogP) is 5.12. The fourth-order valence-electron chi connectivity index (χ4n) is 2.99. The number of benzene rings is 3. The first-order chi connectivity index (χ1) is 15.8. The molecule has 33 heavy (non-hydrogen) atoms. The molecule has 0 aliphatic heterocycles. The molecule has 2 N–H and O–H groups in total. The smallest absolute Gasteiger partial charge is 0.258 e. The minimum atomic E-state index is -0.334. The standard InChI is InChI=1S/C26H27N3O3S/c1-18(2)17-32-23-11-7-8-20(16-23)24(30)28-26(33)27-21-14-12-19(13-15-21)25(31)29(3)22-9-5-4-6-10-22/h4-16,18H,17H2,1-3H3,(H2,27,28,30,33). The lowest BCUT2D eigenvalue weighted by Crippen LogP contribution is -2.34. The SMILES string of the molecule is CC(C)COc1cccc(C(=O)NC(=S)Nc2ccc(C(=O)N(C)c3ccccc3)cc2)c1. The Morgan fingerprint density at radius 1 is 0.939 bits per heavy atom. The molecule has 0 atom stereocenters. The van der Waals surface area contributed by atoms with Crippen molar-refractivity contribution in [2.75, 3.05) is 23.9 Å². The highest BCUT2D eigenvalue weighted by molar-refractivity contribution is 7.80. The lowest BCUT2D eigenvalue weighted by Gasteiger charge is -2.17. The summed E-state index contributed by atoms with van der Waals surface area (Å²) in [5.41, 5.74) is 2.46.